The molecule has 0 unspecified atom stereocenters. The topological polar surface area (TPSA) is 76.4 Å². The molecule has 144 valence electrons. The number of likely N-dealkylation sites (N-methyl/N-ethyl adjacent to an activating group) is 1. The summed E-state index contributed by atoms with van der Waals surface area (Å²) in [6, 6.07) is 15.3. The minimum absolute atomic E-state index is 0.0811. The predicted octanol–water partition coefficient (Wildman–Crippen LogP) is 3.87. The summed E-state index contributed by atoms with van der Waals surface area (Å²) in [6.07, 6.45) is 1.43. The number of hydrogen-bond donors (Lipinski definition) is 1. The van der Waals surface area contributed by atoms with Crippen LogP contribution in [0.4, 0.5) is 10.5 Å². The van der Waals surface area contributed by atoms with Gasteiger partial charge in [0.2, 0.25) is 5.91 Å². The van der Waals surface area contributed by atoms with E-state index in [9.17, 15) is 9.59 Å². The first kappa shape index (κ1) is 19.7. The number of nitriles is 1. The Kier molecular flexibility index (Phi) is 6.17. The summed E-state index contributed by atoms with van der Waals surface area (Å²) in [6.45, 7) is 0.991. The Morgan fingerprint density at radius 2 is 1.89 bits per heavy atom. The van der Waals surface area contributed by atoms with Crippen LogP contribution < -0.4 is 5.32 Å². The lowest BCUT2D eigenvalue weighted by Gasteiger charge is -2.28. The van der Waals surface area contributed by atoms with Crippen LogP contribution in [0.5, 0.6) is 0 Å². The molecule has 6 nitrogen and oxygen atoms in total. The Hall–Kier alpha value is -3.04. The van der Waals surface area contributed by atoms with Crippen molar-refractivity contribution in [2.75, 3.05) is 18.9 Å². The Bertz CT molecular complexity index is 890. The molecule has 2 aromatic rings. The van der Waals surface area contributed by atoms with Crippen LogP contribution in [-0.4, -0.2) is 41.4 Å². The zero-order chi connectivity index (χ0) is 20.1. The van der Waals surface area contributed by atoms with E-state index in [0.717, 1.165) is 12.0 Å². The van der Waals surface area contributed by atoms with Crippen LogP contribution in [0.1, 0.15) is 24.0 Å². The smallest absolute Gasteiger partial charge is 0.322 e. The van der Waals surface area contributed by atoms with Crippen LogP contribution in [0.3, 0.4) is 0 Å². The molecule has 28 heavy (non-hydrogen) atoms. The maximum absolute atomic E-state index is 12.9. The minimum atomic E-state index is -0.476. The van der Waals surface area contributed by atoms with Gasteiger partial charge in [0.15, 0.2) is 0 Å². The summed E-state index contributed by atoms with van der Waals surface area (Å²) in [7, 11) is 1.74. The number of carbonyl (C=O) groups excluding carboxylic acids is 2. The Labute approximate surface area is 169 Å². The van der Waals surface area contributed by atoms with E-state index in [0.29, 0.717) is 35.8 Å². The molecule has 0 radical (unpaired) electrons. The lowest BCUT2D eigenvalue weighted by atomic mass is 10.1. The number of hydrogen-bond acceptors (Lipinski definition) is 3. The van der Waals surface area contributed by atoms with Gasteiger partial charge in [0.05, 0.1) is 11.6 Å². The molecule has 1 N–H and O–H groups in total. The van der Waals surface area contributed by atoms with E-state index in [4.69, 9.17) is 16.9 Å². The van der Waals surface area contributed by atoms with Crippen LogP contribution in [0.25, 0.3) is 0 Å². The first-order valence-electron chi connectivity index (χ1n) is 9.05. The molecule has 3 rings (SSSR count). The van der Waals surface area contributed by atoms with Crippen molar-refractivity contribution < 1.29 is 9.59 Å². The highest BCUT2D eigenvalue weighted by atomic mass is 35.5. The molecule has 1 aliphatic rings. The SMILES string of the molecule is CN(Cc1ccc(Cl)cc1)C(=O)[C@H]1CCCN1C(=O)Nc1ccc(C#N)cc1. The fraction of sp³-hybridized carbons (Fsp3) is 0.286. The summed E-state index contributed by atoms with van der Waals surface area (Å²) in [4.78, 5) is 28.8. The number of anilines is 1. The number of likely N-dealkylation sites (tertiary alicyclic amines) is 1. The molecule has 1 heterocycles. The molecule has 1 fully saturated rings. The number of amides is 3. The third-order valence-corrected chi connectivity index (χ3v) is 5.03. The van der Waals surface area contributed by atoms with Crippen LogP contribution in [0.2, 0.25) is 5.02 Å². The molecule has 7 heteroatoms. The number of nitrogens with zero attached hydrogens (tertiary/aromatic N) is 3. The van der Waals surface area contributed by atoms with Crippen molar-refractivity contribution in [3.63, 3.8) is 0 Å². The monoisotopic (exact) mass is 396 g/mol. The van der Waals surface area contributed by atoms with Crippen LogP contribution in [0.15, 0.2) is 48.5 Å². The first-order valence-corrected chi connectivity index (χ1v) is 9.43. The quantitative estimate of drug-likeness (QED) is 0.852. The predicted molar refractivity (Wildman–Crippen MR) is 108 cm³/mol. The van der Waals surface area contributed by atoms with Crippen molar-refractivity contribution >= 4 is 29.2 Å². The van der Waals surface area contributed by atoms with E-state index in [-0.39, 0.29) is 11.9 Å². The van der Waals surface area contributed by atoms with E-state index in [2.05, 4.69) is 5.32 Å². The maximum atomic E-state index is 12.9. The van der Waals surface area contributed by atoms with Crippen molar-refractivity contribution in [3.8, 4) is 6.07 Å². The van der Waals surface area contributed by atoms with Crippen molar-refractivity contribution in [1.82, 2.24) is 9.80 Å². The highest BCUT2D eigenvalue weighted by molar-refractivity contribution is 6.30. The normalized spacial score (nSPS) is 15.8. The summed E-state index contributed by atoms with van der Waals surface area (Å²) in [5.41, 5.74) is 2.10. The van der Waals surface area contributed by atoms with Gasteiger partial charge in [-0.2, -0.15) is 5.26 Å². The van der Waals surface area contributed by atoms with Gasteiger partial charge in [0, 0.05) is 30.8 Å². The van der Waals surface area contributed by atoms with Gasteiger partial charge in [-0.3, -0.25) is 4.79 Å². The van der Waals surface area contributed by atoms with E-state index >= 15 is 0 Å². The molecular formula is C21H21ClN4O2. The van der Waals surface area contributed by atoms with Crippen molar-refractivity contribution in [1.29, 1.82) is 5.26 Å². The number of carbonyl (C=O) groups is 2. The molecule has 3 amide bonds. The zero-order valence-corrected chi connectivity index (χ0v) is 16.3. The molecule has 1 aliphatic heterocycles. The van der Waals surface area contributed by atoms with E-state index < -0.39 is 6.04 Å². The summed E-state index contributed by atoms with van der Waals surface area (Å²) < 4.78 is 0. The molecule has 1 saturated heterocycles. The Morgan fingerprint density at radius 1 is 1.21 bits per heavy atom. The molecule has 0 aliphatic carbocycles. The number of benzene rings is 2. The van der Waals surface area contributed by atoms with Gasteiger partial charge in [0.25, 0.3) is 0 Å². The minimum Gasteiger partial charge on any atom is -0.340 e. The second-order valence-corrected chi connectivity index (χ2v) is 7.23. The molecule has 0 spiro atoms. The standard InChI is InChI=1S/C21H21ClN4O2/c1-25(14-16-4-8-17(22)9-5-16)20(27)19-3-2-12-26(19)21(28)24-18-10-6-15(13-23)7-11-18/h4-11,19H,2-3,12,14H2,1H3,(H,24,28)/t19-/m1/s1. The third-order valence-electron chi connectivity index (χ3n) is 4.77. The highest BCUT2D eigenvalue weighted by Crippen LogP contribution is 2.22. The second kappa shape index (κ2) is 8.77. The van der Waals surface area contributed by atoms with Crippen LogP contribution >= 0.6 is 11.6 Å². The summed E-state index contributed by atoms with van der Waals surface area (Å²) >= 11 is 5.90. The van der Waals surface area contributed by atoms with E-state index in [1.165, 1.54) is 0 Å². The fourth-order valence-corrected chi connectivity index (χ4v) is 3.41. The van der Waals surface area contributed by atoms with Crippen molar-refractivity contribution in [3.05, 3.63) is 64.7 Å². The third kappa shape index (κ3) is 4.62. The zero-order valence-electron chi connectivity index (χ0n) is 15.6. The fourth-order valence-electron chi connectivity index (χ4n) is 3.29. The number of nitrogens with one attached hydrogen (secondary N) is 1. The van der Waals surface area contributed by atoms with Gasteiger partial charge in [-0.05, 0) is 54.8 Å². The molecule has 1 atom stereocenters. The van der Waals surface area contributed by atoms with Gasteiger partial charge < -0.3 is 15.1 Å². The van der Waals surface area contributed by atoms with Gasteiger partial charge in [-0.15, -0.1) is 0 Å². The summed E-state index contributed by atoms with van der Waals surface area (Å²) in [5.74, 6) is -0.0811. The first-order chi connectivity index (χ1) is 13.5. The summed E-state index contributed by atoms with van der Waals surface area (Å²) in [5, 5.41) is 12.3. The maximum Gasteiger partial charge on any atom is 0.322 e. The Morgan fingerprint density at radius 3 is 2.54 bits per heavy atom. The lowest BCUT2D eigenvalue weighted by Crippen LogP contribution is -2.47. The van der Waals surface area contributed by atoms with E-state index in [1.807, 2.05) is 18.2 Å². The van der Waals surface area contributed by atoms with Crippen molar-refractivity contribution in [2.45, 2.75) is 25.4 Å². The van der Waals surface area contributed by atoms with Gasteiger partial charge in [0.1, 0.15) is 6.04 Å². The van der Waals surface area contributed by atoms with Crippen LogP contribution in [-0.2, 0) is 11.3 Å². The van der Waals surface area contributed by atoms with E-state index in [1.54, 1.807) is 53.2 Å². The lowest BCUT2D eigenvalue weighted by molar-refractivity contribution is -0.134. The van der Waals surface area contributed by atoms with Gasteiger partial charge in [-0.25, -0.2) is 4.79 Å². The van der Waals surface area contributed by atoms with Gasteiger partial charge >= 0.3 is 6.03 Å². The van der Waals surface area contributed by atoms with Crippen molar-refractivity contribution in [2.24, 2.45) is 0 Å². The van der Waals surface area contributed by atoms with Crippen LogP contribution in [0, 0.1) is 11.3 Å². The Balaban J connectivity index is 1.63. The highest BCUT2D eigenvalue weighted by Gasteiger charge is 2.35. The molecule has 0 aromatic heterocycles. The number of urea groups is 1. The average molecular weight is 397 g/mol. The molecule has 0 bridgehead atoms. The molecule has 0 saturated carbocycles. The largest absolute Gasteiger partial charge is 0.340 e. The molecular weight excluding hydrogens is 376 g/mol. The van der Waals surface area contributed by atoms with Gasteiger partial charge in [-0.1, -0.05) is 23.7 Å². The number of rotatable bonds is 4. The number of halogens is 1. The molecule has 2 aromatic carbocycles. The average Bonchev–Trinajstić information content (AvgIpc) is 3.19. The second-order valence-electron chi connectivity index (χ2n) is 6.79.